The number of hydrogen-bond donors (Lipinski definition) is 0. The molecular weight excluding hydrogens is 607 g/mol. The van der Waals surface area contributed by atoms with Crippen LogP contribution in [0.2, 0.25) is 0 Å². The first-order chi connectivity index (χ1) is 24.7. The van der Waals surface area contributed by atoms with Gasteiger partial charge < -0.3 is 0 Å². The minimum absolute atomic E-state index is 0.644. The van der Waals surface area contributed by atoms with Gasteiger partial charge in [0.15, 0.2) is 17.5 Å². The van der Waals surface area contributed by atoms with E-state index in [2.05, 4.69) is 146 Å². The first kappa shape index (κ1) is 29.4. The van der Waals surface area contributed by atoms with Crippen LogP contribution >= 0.6 is 0 Å². The van der Waals surface area contributed by atoms with Gasteiger partial charge in [0.2, 0.25) is 0 Å². The molecule has 9 aromatic rings. The zero-order valence-electron chi connectivity index (χ0n) is 27.2. The molecule has 0 aliphatic heterocycles. The van der Waals surface area contributed by atoms with E-state index >= 15 is 0 Å². The van der Waals surface area contributed by atoms with E-state index in [1.54, 1.807) is 0 Å². The lowest BCUT2D eigenvalue weighted by atomic mass is 9.95. The monoisotopic (exact) mass is 637 g/mol. The van der Waals surface area contributed by atoms with Gasteiger partial charge in [-0.05, 0) is 79.2 Å². The summed E-state index contributed by atoms with van der Waals surface area (Å²) in [6, 6.07) is 66.0. The molecule has 0 N–H and O–H groups in total. The number of nitrogens with zero attached hydrogens (tertiary/aromatic N) is 3. The van der Waals surface area contributed by atoms with Gasteiger partial charge in [0.05, 0.1) is 0 Å². The molecule has 0 saturated carbocycles. The molecule has 8 aromatic carbocycles. The van der Waals surface area contributed by atoms with Crippen molar-refractivity contribution < 1.29 is 0 Å². The smallest absolute Gasteiger partial charge is 0.164 e. The molecule has 0 aliphatic rings. The highest BCUT2D eigenvalue weighted by Crippen LogP contribution is 2.34. The highest BCUT2D eigenvalue weighted by Gasteiger charge is 2.16. The molecule has 234 valence electrons. The fourth-order valence-electron chi connectivity index (χ4n) is 6.70. The minimum atomic E-state index is 0.644. The van der Waals surface area contributed by atoms with Gasteiger partial charge in [-0.1, -0.05) is 164 Å². The van der Waals surface area contributed by atoms with Crippen LogP contribution in [0.15, 0.2) is 188 Å². The van der Waals surface area contributed by atoms with Crippen molar-refractivity contribution in [3.05, 3.63) is 188 Å². The van der Waals surface area contributed by atoms with Gasteiger partial charge in [0.1, 0.15) is 0 Å². The van der Waals surface area contributed by atoms with E-state index in [1.807, 2.05) is 42.5 Å². The first-order valence-corrected chi connectivity index (χ1v) is 16.9. The molecule has 50 heavy (non-hydrogen) atoms. The maximum absolute atomic E-state index is 5.09. The summed E-state index contributed by atoms with van der Waals surface area (Å²) in [5, 5.41) is 4.79. The van der Waals surface area contributed by atoms with Crippen molar-refractivity contribution >= 4 is 21.5 Å². The van der Waals surface area contributed by atoms with Crippen LogP contribution in [0.3, 0.4) is 0 Å². The van der Waals surface area contributed by atoms with Crippen molar-refractivity contribution in [1.82, 2.24) is 15.0 Å². The minimum Gasteiger partial charge on any atom is -0.208 e. The van der Waals surface area contributed by atoms with Crippen LogP contribution < -0.4 is 0 Å². The third-order valence-corrected chi connectivity index (χ3v) is 9.30. The summed E-state index contributed by atoms with van der Waals surface area (Å²) in [6.07, 6.45) is 0. The van der Waals surface area contributed by atoms with Crippen molar-refractivity contribution in [3.8, 4) is 67.5 Å². The van der Waals surface area contributed by atoms with Crippen LogP contribution in [0.4, 0.5) is 0 Å². The Bertz CT molecular complexity index is 2650. The molecule has 3 nitrogen and oxygen atoms in total. The summed E-state index contributed by atoms with van der Waals surface area (Å²) >= 11 is 0. The quantitative estimate of drug-likeness (QED) is 0.182. The van der Waals surface area contributed by atoms with Gasteiger partial charge in [-0.15, -0.1) is 0 Å². The Kier molecular flexibility index (Phi) is 7.49. The van der Waals surface area contributed by atoms with Crippen LogP contribution in [0, 0.1) is 0 Å². The number of benzene rings is 8. The molecule has 0 spiro atoms. The average Bonchev–Trinajstić information content (AvgIpc) is 3.21. The Balaban J connectivity index is 1.10. The molecule has 0 unspecified atom stereocenters. The normalized spacial score (nSPS) is 11.2. The largest absolute Gasteiger partial charge is 0.208 e. The van der Waals surface area contributed by atoms with Gasteiger partial charge in [0.25, 0.3) is 0 Å². The van der Waals surface area contributed by atoms with Crippen molar-refractivity contribution in [1.29, 1.82) is 0 Å². The molecule has 0 atom stereocenters. The van der Waals surface area contributed by atoms with Gasteiger partial charge in [0, 0.05) is 16.7 Å². The molecule has 0 fully saturated rings. The summed E-state index contributed by atoms with van der Waals surface area (Å²) in [7, 11) is 0. The lowest BCUT2D eigenvalue weighted by Crippen LogP contribution is -2.01. The molecule has 1 aromatic heterocycles. The number of aromatic nitrogens is 3. The number of hydrogen-bond acceptors (Lipinski definition) is 3. The molecule has 1 heterocycles. The van der Waals surface area contributed by atoms with Crippen molar-refractivity contribution in [2.75, 3.05) is 0 Å². The maximum atomic E-state index is 5.09. The van der Waals surface area contributed by atoms with E-state index in [4.69, 9.17) is 15.0 Å². The van der Waals surface area contributed by atoms with Crippen molar-refractivity contribution in [2.24, 2.45) is 0 Å². The molecule has 3 heteroatoms. The third-order valence-electron chi connectivity index (χ3n) is 9.30. The van der Waals surface area contributed by atoms with E-state index < -0.39 is 0 Å². The van der Waals surface area contributed by atoms with E-state index in [9.17, 15) is 0 Å². The van der Waals surface area contributed by atoms with Gasteiger partial charge in [-0.25, -0.2) is 15.0 Å². The average molecular weight is 638 g/mol. The Morgan fingerprint density at radius 1 is 0.220 bits per heavy atom. The summed E-state index contributed by atoms with van der Waals surface area (Å²) in [4.78, 5) is 15.1. The van der Waals surface area contributed by atoms with Crippen LogP contribution in [0.25, 0.3) is 89.1 Å². The van der Waals surface area contributed by atoms with Crippen molar-refractivity contribution in [2.45, 2.75) is 0 Å². The van der Waals surface area contributed by atoms with Crippen LogP contribution in [0.5, 0.6) is 0 Å². The fraction of sp³-hybridized carbons (Fsp3) is 0. The fourth-order valence-corrected chi connectivity index (χ4v) is 6.70. The number of rotatable bonds is 6. The third kappa shape index (κ3) is 5.72. The van der Waals surface area contributed by atoms with Gasteiger partial charge in [-0.3, -0.25) is 0 Å². The zero-order valence-corrected chi connectivity index (χ0v) is 27.2. The second-order valence-electron chi connectivity index (χ2n) is 12.5. The predicted molar refractivity (Wildman–Crippen MR) is 207 cm³/mol. The summed E-state index contributed by atoms with van der Waals surface area (Å²) in [5.74, 6) is 1.94. The zero-order chi connectivity index (χ0) is 33.3. The summed E-state index contributed by atoms with van der Waals surface area (Å²) in [5.41, 5.74) is 9.86. The van der Waals surface area contributed by atoms with E-state index in [0.29, 0.717) is 17.5 Å². The maximum Gasteiger partial charge on any atom is 0.164 e. The molecular formula is C47H31N3. The summed E-state index contributed by atoms with van der Waals surface area (Å²) < 4.78 is 0. The van der Waals surface area contributed by atoms with Crippen LogP contribution in [0.1, 0.15) is 0 Å². The van der Waals surface area contributed by atoms with E-state index in [0.717, 1.165) is 38.6 Å². The highest BCUT2D eigenvalue weighted by molar-refractivity contribution is 5.92. The molecule has 9 rings (SSSR count). The standard InChI is InChI=1S/C47H31N3/c1-3-13-33(14-4-1)43-20-9-10-21-44(43)47-49-45(34-15-5-2-6-16-34)48-46(50-47)42-27-26-40-30-39(24-25-41(40)31-42)37-19-11-18-36(29-37)38-23-22-32-12-7-8-17-35(32)28-38/h1-31H. The number of fused-ring (bicyclic) bond motifs is 2. The Morgan fingerprint density at radius 3 is 1.32 bits per heavy atom. The molecule has 0 saturated heterocycles. The first-order valence-electron chi connectivity index (χ1n) is 16.9. The van der Waals surface area contributed by atoms with Gasteiger partial charge >= 0.3 is 0 Å². The molecule has 0 radical (unpaired) electrons. The highest BCUT2D eigenvalue weighted by atomic mass is 15.0. The second kappa shape index (κ2) is 12.7. The topological polar surface area (TPSA) is 38.7 Å². The van der Waals surface area contributed by atoms with Gasteiger partial charge in [-0.2, -0.15) is 0 Å². The van der Waals surface area contributed by atoms with E-state index in [-0.39, 0.29) is 0 Å². The van der Waals surface area contributed by atoms with Crippen LogP contribution in [-0.4, -0.2) is 15.0 Å². The van der Waals surface area contributed by atoms with Crippen LogP contribution in [-0.2, 0) is 0 Å². The summed E-state index contributed by atoms with van der Waals surface area (Å²) in [6.45, 7) is 0. The second-order valence-corrected chi connectivity index (χ2v) is 12.5. The Morgan fingerprint density at radius 2 is 0.640 bits per heavy atom. The van der Waals surface area contributed by atoms with Crippen molar-refractivity contribution in [3.63, 3.8) is 0 Å². The Hall–Kier alpha value is -6.71. The molecule has 0 bridgehead atoms. The molecule has 0 aliphatic carbocycles. The van der Waals surface area contributed by atoms with E-state index in [1.165, 1.54) is 33.0 Å². The molecule has 0 amide bonds. The Labute approximate surface area is 291 Å². The SMILES string of the molecule is c1ccc(-c2nc(-c3ccc4cc(-c5cccc(-c6ccc7ccccc7c6)c5)ccc4c3)nc(-c3ccccc3-c3ccccc3)n2)cc1. The lowest BCUT2D eigenvalue weighted by molar-refractivity contribution is 1.07. The predicted octanol–water partition coefficient (Wildman–Crippen LogP) is 12.2. The lowest BCUT2D eigenvalue weighted by Gasteiger charge is -2.12.